The summed E-state index contributed by atoms with van der Waals surface area (Å²) in [5.74, 6) is 2.50. The summed E-state index contributed by atoms with van der Waals surface area (Å²) in [6.07, 6.45) is 3.24. The monoisotopic (exact) mass is 376 g/mol. The molecule has 0 aromatic heterocycles. The van der Waals surface area contributed by atoms with Crippen molar-refractivity contribution in [3.63, 3.8) is 0 Å². The molecule has 0 radical (unpaired) electrons. The molecule has 0 amide bonds. The number of aliphatic imine (C=N–C) groups is 1. The van der Waals surface area contributed by atoms with Crippen molar-refractivity contribution in [3.05, 3.63) is 23.8 Å². The summed E-state index contributed by atoms with van der Waals surface area (Å²) in [7, 11) is 1.81. The topological polar surface area (TPSA) is 58.1 Å². The second kappa shape index (κ2) is 11.7. The molecule has 6 heteroatoms. The fourth-order valence-corrected chi connectivity index (χ4v) is 3.16. The largest absolute Gasteiger partial charge is 0.490 e. The van der Waals surface area contributed by atoms with Gasteiger partial charge in [0.2, 0.25) is 0 Å². The van der Waals surface area contributed by atoms with Crippen LogP contribution >= 0.6 is 0 Å². The first-order valence-electron chi connectivity index (χ1n) is 10.2. The third-order valence-electron chi connectivity index (χ3n) is 4.88. The number of hydrogen-bond donors (Lipinski definition) is 2. The van der Waals surface area contributed by atoms with Crippen LogP contribution in [0.2, 0.25) is 0 Å². The third kappa shape index (κ3) is 7.29. The Morgan fingerprint density at radius 3 is 2.63 bits per heavy atom. The maximum atomic E-state index is 5.77. The lowest BCUT2D eigenvalue weighted by Crippen LogP contribution is -2.42. The highest BCUT2D eigenvalue weighted by Crippen LogP contribution is 2.30. The SMILES string of the molecule is CCN(CC)CCCC(C)NC(=NC)NCc1ccc2c(c1)OCCCO2. The first-order chi connectivity index (χ1) is 13.2. The average Bonchev–Trinajstić information content (AvgIpc) is 2.93. The Hall–Kier alpha value is -1.95. The van der Waals surface area contributed by atoms with Gasteiger partial charge in [0.25, 0.3) is 0 Å². The van der Waals surface area contributed by atoms with Gasteiger partial charge >= 0.3 is 0 Å². The molecule has 1 heterocycles. The highest BCUT2D eigenvalue weighted by Gasteiger charge is 2.11. The zero-order valence-corrected chi connectivity index (χ0v) is 17.4. The molecule has 0 saturated carbocycles. The van der Waals surface area contributed by atoms with E-state index in [1.807, 2.05) is 13.1 Å². The maximum absolute atomic E-state index is 5.77. The molecular formula is C21H36N4O2. The number of nitrogens with one attached hydrogen (secondary N) is 2. The minimum Gasteiger partial charge on any atom is -0.490 e. The fraction of sp³-hybridized carbons (Fsp3) is 0.667. The van der Waals surface area contributed by atoms with Crippen molar-refractivity contribution in [1.29, 1.82) is 0 Å². The molecule has 2 N–H and O–H groups in total. The Labute approximate surface area is 164 Å². The number of hydrogen-bond acceptors (Lipinski definition) is 4. The zero-order chi connectivity index (χ0) is 19.5. The molecule has 1 aliphatic heterocycles. The van der Waals surface area contributed by atoms with Gasteiger partial charge in [-0.2, -0.15) is 0 Å². The van der Waals surface area contributed by atoms with E-state index in [9.17, 15) is 0 Å². The van der Waals surface area contributed by atoms with Gasteiger partial charge in [-0.25, -0.2) is 0 Å². The quantitative estimate of drug-likeness (QED) is 0.512. The second-order valence-electron chi connectivity index (χ2n) is 6.97. The molecule has 1 aliphatic rings. The normalized spacial score (nSPS) is 15.4. The number of benzene rings is 1. The summed E-state index contributed by atoms with van der Waals surface area (Å²) >= 11 is 0. The molecule has 0 fully saturated rings. The predicted octanol–water partition coefficient (Wildman–Crippen LogP) is 3.02. The van der Waals surface area contributed by atoms with Gasteiger partial charge < -0.3 is 25.0 Å². The van der Waals surface area contributed by atoms with Crippen LogP contribution in [0.25, 0.3) is 0 Å². The van der Waals surface area contributed by atoms with Gasteiger partial charge in [0.1, 0.15) is 0 Å². The fourth-order valence-electron chi connectivity index (χ4n) is 3.16. The average molecular weight is 377 g/mol. The second-order valence-corrected chi connectivity index (χ2v) is 6.97. The minimum atomic E-state index is 0.385. The highest BCUT2D eigenvalue weighted by atomic mass is 16.5. The minimum absolute atomic E-state index is 0.385. The van der Waals surface area contributed by atoms with E-state index in [2.05, 4.69) is 53.4 Å². The number of rotatable bonds is 9. The van der Waals surface area contributed by atoms with Crippen molar-refractivity contribution >= 4 is 5.96 Å². The molecule has 6 nitrogen and oxygen atoms in total. The van der Waals surface area contributed by atoms with Gasteiger partial charge in [0.05, 0.1) is 13.2 Å². The van der Waals surface area contributed by atoms with E-state index in [4.69, 9.17) is 9.47 Å². The summed E-state index contributed by atoms with van der Waals surface area (Å²) < 4.78 is 11.5. The van der Waals surface area contributed by atoms with Crippen LogP contribution in [0, 0.1) is 0 Å². The van der Waals surface area contributed by atoms with Crippen LogP contribution in [0.3, 0.4) is 0 Å². The lowest BCUT2D eigenvalue weighted by Gasteiger charge is -2.21. The summed E-state index contributed by atoms with van der Waals surface area (Å²) in [5.41, 5.74) is 1.15. The number of fused-ring (bicyclic) bond motifs is 1. The van der Waals surface area contributed by atoms with Crippen LogP contribution in [0.15, 0.2) is 23.2 Å². The van der Waals surface area contributed by atoms with Crippen LogP contribution in [-0.4, -0.2) is 56.8 Å². The van der Waals surface area contributed by atoms with E-state index in [0.717, 1.165) is 55.5 Å². The number of ether oxygens (including phenoxy) is 2. The summed E-state index contributed by atoms with van der Waals surface area (Å²) in [5, 5.41) is 6.88. The molecule has 152 valence electrons. The zero-order valence-electron chi connectivity index (χ0n) is 17.4. The molecule has 27 heavy (non-hydrogen) atoms. The van der Waals surface area contributed by atoms with Gasteiger partial charge in [0.15, 0.2) is 17.5 Å². The summed E-state index contributed by atoms with van der Waals surface area (Å²) in [4.78, 5) is 6.81. The van der Waals surface area contributed by atoms with Crippen molar-refractivity contribution in [3.8, 4) is 11.5 Å². The van der Waals surface area contributed by atoms with E-state index in [0.29, 0.717) is 25.8 Å². The van der Waals surface area contributed by atoms with Gasteiger partial charge in [-0.1, -0.05) is 19.9 Å². The molecule has 1 unspecified atom stereocenters. The number of nitrogens with zero attached hydrogens (tertiary/aromatic N) is 2. The number of guanidine groups is 1. The Kier molecular flexibility index (Phi) is 9.25. The van der Waals surface area contributed by atoms with Crippen molar-refractivity contribution in [2.75, 3.05) is 39.9 Å². The molecule has 1 aromatic carbocycles. The highest BCUT2D eigenvalue weighted by molar-refractivity contribution is 5.79. The molecule has 0 aliphatic carbocycles. The predicted molar refractivity (Wildman–Crippen MR) is 112 cm³/mol. The van der Waals surface area contributed by atoms with Crippen LogP contribution in [0.5, 0.6) is 11.5 Å². The lowest BCUT2D eigenvalue weighted by atomic mass is 10.1. The van der Waals surface area contributed by atoms with E-state index in [1.54, 1.807) is 0 Å². The van der Waals surface area contributed by atoms with E-state index in [-0.39, 0.29) is 0 Å². The summed E-state index contributed by atoms with van der Waals surface area (Å²) in [6.45, 7) is 12.2. The first kappa shape index (κ1) is 21.4. The van der Waals surface area contributed by atoms with Gasteiger partial charge in [-0.05, 0) is 57.1 Å². The molecule has 0 spiro atoms. The van der Waals surface area contributed by atoms with Crippen LogP contribution in [0.1, 0.15) is 45.6 Å². The van der Waals surface area contributed by atoms with Crippen molar-refractivity contribution in [2.24, 2.45) is 4.99 Å². The van der Waals surface area contributed by atoms with E-state index in [1.165, 1.54) is 6.42 Å². The van der Waals surface area contributed by atoms with Gasteiger partial charge in [-0.15, -0.1) is 0 Å². The van der Waals surface area contributed by atoms with Crippen molar-refractivity contribution in [2.45, 2.75) is 52.6 Å². The smallest absolute Gasteiger partial charge is 0.191 e. The van der Waals surface area contributed by atoms with E-state index >= 15 is 0 Å². The molecular weight excluding hydrogens is 340 g/mol. The maximum Gasteiger partial charge on any atom is 0.191 e. The first-order valence-corrected chi connectivity index (χ1v) is 10.2. The van der Waals surface area contributed by atoms with Crippen LogP contribution in [0.4, 0.5) is 0 Å². The van der Waals surface area contributed by atoms with Crippen molar-refractivity contribution < 1.29 is 9.47 Å². The Morgan fingerprint density at radius 1 is 1.19 bits per heavy atom. The standard InChI is InChI=1S/C21H36N4O2/c1-5-25(6-2)12-7-9-17(3)24-21(22-4)23-16-18-10-11-19-20(15-18)27-14-8-13-26-19/h10-11,15,17H,5-9,12-14,16H2,1-4H3,(H2,22,23,24). The molecule has 1 aromatic rings. The van der Waals surface area contributed by atoms with Crippen LogP contribution < -0.4 is 20.1 Å². The van der Waals surface area contributed by atoms with E-state index < -0.39 is 0 Å². The van der Waals surface area contributed by atoms with Crippen LogP contribution in [-0.2, 0) is 6.54 Å². The van der Waals surface area contributed by atoms with Crippen molar-refractivity contribution in [1.82, 2.24) is 15.5 Å². The van der Waals surface area contributed by atoms with Gasteiger partial charge in [0, 0.05) is 26.1 Å². The Morgan fingerprint density at radius 2 is 1.93 bits per heavy atom. The Bertz CT molecular complexity index is 588. The molecule has 1 atom stereocenters. The Balaban J connectivity index is 1.77. The molecule has 0 bridgehead atoms. The summed E-state index contributed by atoms with van der Waals surface area (Å²) in [6, 6.07) is 6.50. The third-order valence-corrected chi connectivity index (χ3v) is 4.88. The van der Waals surface area contributed by atoms with Gasteiger partial charge in [-0.3, -0.25) is 4.99 Å². The molecule has 2 rings (SSSR count). The molecule has 0 saturated heterocycles. The lowest BCUT2D eigenvalue weighted by molar-refractivity contribution is 0.292.